The Morgan fingerprint density at radius 1 is 1.33 bits per heavy atom. The Bertz CT molecular complexity index is 777. The number of imidazole rings is 1. The minimum atomic E-state index is -3.61. The van der Waals surface area contributed by atoms with Crippen molar-refractivity contribution in [1.82, 2.24) is 15.0 Å². The first-order valence-corrected chi connectivity index (χ1v) is 7.36. The summed E-state index contributed by atoms with van der Waals surface area (Å²) in [5, 5.41) is 0.0286. The van der Waals surface area contributed by atoms with Crippen molar-refractivity contribution in [3.05, 3.63) is 36.2 Å². The summed E-state index contributed by atoms with van der Waals surface area (Å²) in [5.41, 5.74) is 2.96. The van der Waals surface area contributed by atoms with Crippen molar-refractivity contribution in [2.45, 2.75) is 5.03 Å². The molecule has 18 heavy (non-hydrogen) atoms. The average molecular weight is 280 g/mol. The molecule has 0 atom stereocenters. The van der Waals surface area contributed by atoms with E-state index in [1.54, 1.807) is 17.6 Å². The lowest BCUT2D eigenvalue weighted by molar-refractivity contribution is 0.598. The number of aromatic nitrogens is 3. The van der Waals surface area contributed by atoms with E-state index in [0.29, 0.717) is 5.69 Å². The van der Waals surface area contributed by atoms with E-state index in [0.717, 1.165) is 10.2 Å². The number of benzene rings is 1. The van der Waals surface area contributed by atoms with E-state index in [1.807, 2.05) is 6.07 Å². The van der Waals surface area contributed by atoms with Crippen LogP contribution in [-0.2, 0) is 10.0 Å². The van der Waals surface area contributed by atoms with Gasteiger partial charge in [0.05, 0.1) is 33.9 Å². The molecule has 92 valence electrons. The Hall–Kier alpha value is -1.93. The van der Waals surface area contributed by atoms with Crippen molar-refractivity contribution >= 4 is 37.3 Å². The average Bonchev–Trinajstić information content (AvgIpc) is 2.99. The lowest BCUT2D eigenvalue weighted by Crippen LogP contribution is -2.13. The number of hydrogen-bond acceptors (Lipinski definition) is 5. The number of thiazole rings is 1. The Labute approximate surface area is 107 Å². The summed E-state index contributed by atoms with van der Waals surface area (Å²) >= 11 is 1.51. The Balaban J connectivity index is 1.97. The molecular formula is C10H8N4O2S2. The number of rotatable bonds is 3. The maximum Gasteiger partial charge on any atom is 0.278 e. The van der Waals surface area contributed by atoms with E-state index in [4.69, 9.17) is 0 Å². The van der Waals surface area contributed by atoms with E-state index in [2.05, 4.69) is 19.7 Å². The van der Waals surface area contributed by atoms with E-state index in [1.165, 1.54) is 23.9 Å². The quantitative estimate of drug-likeness (QED) is 0.766. The molecule has 2 heterocycles. The smallest absolute Gasteiger partial charge is 0.278 e. The molecule has 0 aliphatic rings. The summed E-state index contributed by atoms with van der Waals surface area (Å²) in [6, 6.07) is 5.23. The molecule has 3 aromatic rings. The molecule has 0 saturated carbocycles. The second-order valence-corrected chi connectivity index (χ2v) is 6.09. The van der Waals surface area contributed by atoms with Crippen LogP contribution in [0.2, 0.25) is 0 Å². The van der Waals surface area contributed by atoms with Gasteiger partial charge < -0.3 is 4.98 Å². The molecule has 8 heteroatoms. The summed E-state index contributed by atoms with van der Waals surface area (Å²) in [7, 11) is -3.61. The number of fused-ring (bicyclic) bond motifs is 1. The summed E-state index contributed by atoms with van der Waals surface area (Å²) < 4.78 is 27.4. The third-order valence-corrected chi connectivity index (χ3v) is 4.46. The number of sulfonamides is 1. The maximum atomic E-state index is 11.9. The normalized spacial score (nSPS) is 11.8. The van der Waals surface area contributed by atoms with Crippen LogP contribution in [0.15, 0.2) is 41.3 Å². The van der Waals surface area contributed by atoms with Gasteiger partial charge in [-0.05, 0) is 18.2 Å². The van der Waals surface area contributed by atoms with Gasteiger partial charge in [0, 0.05) is 0 Å². The first-order chi connectivity index (χ1) is 8.65. The minimum absolute atomic E-state index is 0.0286. The van der Waals surface area contributed by atoms with Crippen LogP contribution in [0.3, 0.4) is 0 Å². The van der Waals surface area contributed by atoms with Gasteiger partial charge in [-0.3, -0.25) is 4.72 Å². The molecule has 0 bridgehead atoms. The molecule has 3 rings (SSSR count). The highest BCUT2D eigenvalue weighted by Gasteiger charge is 2.15. The van der Waals surface area contributed by atoms with Crippen molar-refractivity contribution in [2.75, 3.05) is 4.72 Å². The Morgan fingerprint density at radius 2 is 2.22 bits per heavy atom. The van der Waals surface area contributed by atoms with Gasteiger partial charge >= 0.3 is 0 Å². The third kappa shape index (κ3) is 1.95. The van der Waals surface area contributed by atoms with Gasteiger partial charge in [0.1, 0.15) is 0 Å². The second kappa shape index (κ2) is 4.07. The van der Waals surface area contributed by atoms with Gasteiger partial charge in [-0.25, -0.2) is 9.97 Å². The SMILES string of the molecule is O=S(=O)(Nc1ccc2scnc2c1)c1cnc[nH]1. The fourth-order valence-corrected chi connectivity index (χ4v) is 3.14. The van der Waals surface area contributed by atoms with Gasteiger partial charge in [0.2, 0.25) is 0 Å². The van der Waals surface area contributed by atoms with Crippen LogP contribution in [0.1, 0.15) is 0 Å². The number of H-pyrrole nitrogens is 1. The number of nitrogens with one attached hydrogen (secondary N) is 2. The molecule has 6 nitrogen and oxygen atoms in total. The molecule has 0 spiro atoms. The molecule has 0 amide bonds. The molecule has 0 saturated heterocycles. The lowest BCUT2D eigenvalue weighted by Gasteiger charge is -2.05. The van der Waals surface area contributed by atoms with Crippen LogP contribution in [-0.4, -0.2) is 23.4 Å². The molecule has 0 aliphatic carbocycles. The van der Waals surface area contributed by atoms with Crippen LogP contribution in [0.5, 0.6) is 0 Å². The number of anilines is 1. The zero-order valence-electron chi connectivity index (χ0n) is 8.99. The fourth-order valence-electron chi connectivity index (χ4n) is 1.52. The molecule has 0 unspecified atom stereocenters. The monoisotopic (exact) mass is 280 g/mol. The van der Waals surface area contributed by atoms with Crippen molar-refractivity contribution in [2.24, 2.45) is 0 Å². The van der Waals surface area contributed by atoms with Gasteiger partial charge in [0.15, 0.2) is 5.03 Å². The van der Waals surface area contributed by atoms with Crippen LogP contribution in [0.25, 0.3) is 10.2 Å². The minimum Gasteiger partial charge on any atom is -0.334 e. The number of nitrogens with zero attached hydrogens (tertiary/aromatic N) is 2. The van der Waals surface area contributed by atoms with E-state index >= 15 is 0 Å². The molecule has 1 aromatic carbocycles. The standard InChI is InChI=1S/C10H8N4O2S2/c15-18(16,10-4-11-5-12-10)14-7-1-2-9-8(3-7)13-6-17-9/h1-6,14H,(H,11,12). The predicted octanol–water partition coefficient (Wildman–Crippen LogP) is 1.82. The van der Waals surface area contributed by atoms with E-state index < -0.39 is 10.0 Å². The Kier molecular flexibility index (Phi) is 2.53. The predicted molar refractivity (Wildman–Crippen MR) is 69.0 cm³/mol. The summed E-state index contributed by atoms with van der Waals surface area (Å²) in [6.07, 6.45) is 2.57. The molecule has 0 fully saturated rings. The molecule has 2 N–H and O–H groups in total. The van der Waals surface area contributed by atoms with E-state index in [9.17, 15) is 8.42 Å². The highest BCUT2D eigenvalue weighted by molar-refractivity contribution is 7.92. The van der Waals surface area contributed by atoms with Gasteiger partial charge in [-0.15, -0.1) is 11.3 Å². The Morgan fingerprint density at radius 3 is 3.00 bits per heavy atom. The summed E-state index contributed by atoms with van der Waals surface area (Å²) in [6.45, 7) is 0. The van der Waals surface area contributed by atoms with Crippen molar-refractivity contribution in [3.8, 4) is 0 Å². The second-order valence-electron chi connectivity index (χ2n) is 3.56. The van der Waals surface area contributed by atoms with E-state index in [-0.39, 0.29) is 5.03 Å². The lowest BCUT2D eigenvalue weighted by atomic mass is 10.3. The van der Waals surface area contributed by atoms with Gasteiger partial charge in [-0.1, -0.05) is 0 Å². The van der Waals surface area contributed by atoms with Gasteiger partial charge in [-0.2, -0.15) is 8.42 Å². The number of hydrogen-bond donors (Lipinski definition) is 2. The zero-order chi connectivity index (χ0) is 12.6. The summed E-state index contributed by atoms with van der Waals surface area (Å²) in [5.74, 6) is 0. The topological polar surface area (TPSA) is 87.7 Å². The maximum absolute atomic E-state index is 11.9. The molecule has 0 aliphatic heterocycles. The molecule has 0 radical (unpaired) electrons. The largest absolute Gasteiger partial charge is 0.334 e. The van der Waals surface area contributed by atoms with Crippen molar-refractivity contribution in [1.29, 1.82) is 0 Å². The van der Waals surface area contributed by atoms with Crippen molar-refractivity contribution in [3.63, 3.8) is 0 Å². The fraction of sp³-hybridized carbons (Fsp3) is 0. The molecule has 2 aromatic heterocycles. The van der Waals surface area contributed by atoms with Crippen LogP contribution in [0, 0.1) is 0 Å². The third-order valence-electron chi connectivity index (χ3n) is 2.35. The number of aromatic amines is 1. The first-order valence-electron chi connectivity index (χ1n) is 4.99. The summed E-state index contributed by atoms with van der Waals surface area (Å²) in [4.78, 5) is 10.4. The molecular weight excluding hydrogens is 272 g/mol. The van der Waals surface area contributed by atoms with Crippen LogP contribution < -0.4 is 4.72 Å². The zero-order valence-corrected chi connectivity index (χ0v) is 10.6. The highest BCUT2D eigenvalue weighted by Crippen LogP contribution is 2.22. The van der Waals surface area contributed by atoms with Crippen LogP contribution >= 0.6 is 11.3 Å². The van der Waals surface area contributed by atoms with Gasteiger partial charge in [0.25, 0.3) is 10.0 Å². The van der Waals surface area contributed by atoms with Crippen molar-refractivity contribution < 1.29 is 8.42 Å². The highest BCUT2D eigenvalue weighted by atomic mass is 32.2. The first kappa shape index (κ1) is 11.2. The van der Waals surface area contributed by atoms with Crippen LogP contribution in [0.4, 0.5) is 5.69 Å².